The van der Waals surface area contributed by atoms with Crippen molar-refractivity contribution in [2.45, 2.75) is 0 Å². The van der Waals surface area contributed by atoms with Crippen molar-refractivity contribution in [2.75, 3.05) is 0 Å². The van der Waals surface area contributed by atoms with Gasteiger partial charge in [-0.05, 0) is 28.8 Å². The molecule has 2 aromatic rings. The monoisotopic (exact) mass is 207 g/mol. The molecular formula is C15H11O. The van der Waals surface area contributed by atoms with Crippen LogP contribution in [-0.2, 0) is 4.79 Å². The van der Waals surface area contributed by atoms with E-state index in [-0.39, 0.29) is 0 Å². The Bertz CT molecular complexity index is 498. The van der Waals surface area contributed by atoms with Gasteiger partial charge in [0.05, 0.1) is 0 Å². The summed E-state index contributed by atoms with van der Waals surface area (Å²) in [4.78, 5) is 10.1. The van der Waals surface area contributed by atoms with Crippen LogP contribution in [0.25, 0.3) is 17.2 Å². The number of hydrogen-bond donors (Lipinski definition) is 0. The third-order valence-corrected chi connectivity index (χ3v) is 2.34. The maximum Gasteiger partial charge on any atom is 0.225 e. The first-order valence-electron chi connectivity index (χ1n) is 5.10. The van der Waals surface area contributed by atoms with Gasteiger partial charge in [0.25, 0.3) is 0 Å². The highest BCUT2D eigenvalue weighted by Crippen LogP contribution is 2.20. The molecule has 0 fully saturated rings. The summed E-state index contributed by atoms with van der Waals surface area (Å²) in [7, 11) is 0. The molecule has 77 valence electrons. The van der Waals surface area contributed by atoms with Crippen LogP contribution in [0.4, 0.5) is 0 Å². The van der Waals surface area contributed by atoms with Gasteiger partial charge in [-0.25, -0.2) is 0 Å². The number of allylic oxidation sites excluding steroid dienone is 1. The molecule has 0 saturated heterocycles. The molecule has 1 nitrogen and oxygen atoms in total. The van der Waals surface area contributed by atoms with E-state index < -0.39 is 0 Å². The molecule has 0 amide bonds. The van der Waals surface area contributed by atoms with Crippen molar-refractivity contribution in [1.82, 2.24) is 0 Å². The van der Waals surface area contributed by atoms with Gasteiger partial charge in [0.2, 0.25) is 6.29 Å². The molecule has 2 aromatic carbocycles. The summed E-state index contributed by atoms with van der Waals surface area (Å²) in [6.45, 7) is 0. The number of hydrogen-bond acceptors (Lipinski definition) is 1. The molecule has 0 heterocycles. The van der Waals surface area contributed by atoms with Gasteiger partial charge in [0.15, 0.2) is 0 Å². The lowest BCUT2D eigenvalue weighted by Crippen LogP contribution is -1.78. The average molecular weight is 207 g/mol. The molecule has 0 aliphatic heterocycles. The summed E-state index contributed by atoms with van der Waals surface area (Å²) in [5.74, 6) is 0. The minimum atomic E-state index is 1.00. The van der Waals surface area contributed by atoms with Crippen molar-refractivity contribution in [3.8, 4) is 11.1 Å². The highest BCUT2D eigenvalue weighted by atomic mass is 16.1. The zero-order valence-electron chi connectivity index (χ0n) is 8.76. The second-order valence-corrected chi connectivity index (χ2v) is 3.44. The van der Waals surface area contributed by atoms with E-state index in [4.69, 9.17) is 0 Å². The summed E-state index contributed by atoms with van der Waals surface area (Å²) in [6, 6.07) is 18.2. The van der Waals surface area contributed by atoms with Crippen LogP contribution in [-0.4, -0.2) is 6.29 Å². The van der Waals surface area contributed by atoms with Gasteiger partial charge in [-0.1, -0.05) is 54.6 Å². The first-order valence-corrected chi connectivity index (χ1v) is 5.10. The molecule has 0 aromatic heterocycles. The Hall–Kier alpha value is -2.15. The van der Waals surface area contributed by atoms with Crippen LogP contribution in [0, 0.1) is 0 Å². The van der Waals surface area contributed by atoms with E-state index in [1.807, 2.05) is 36.4 Å². The second kappa shape index (κ2) is 5.08. The Morgan fingerprint density at radius 3 is 2.38 bits per heavy atom. The fraction of sp³-hybridized carbons (Fsp3) is 0. The van der Waals surface area contributed by atoms with E-state index in [2.05, 4.69) is 18.2 Å². The summed E-state index contributed by atoms with van der Waals surface area (Å²) >= 11 is 0. The maximum absolute atomic E-state index is 10.1. The maximum atomic E-state index is 10.1. The SMILES string of the molecule is O=[C]C=Cc1cccc(-c2ccccc2)c1. The van der Waals surface area contributed by atoms with Gasteiger partial charge in [-0.15, -0.1) is 0 Å². The highest BCUT2D eigenvalue weighted by molar-refractivity contribution is 5.76. The molecule has 1 radical (unpaired) electrons. The standard InChI is InChI=1S/C15H11O/c16-11-5-7-13-6-4-10-15(12-13)14-8-2-1-3-9-14/h1-10,12H. The van der Waals surface area contributed by atoms with E-state index >= 15 is 0 Å². The molecule has 2 rings (SSSR count). The fourth-order valence-electron chi connectivity index (χ4n) is 1.58. The fourth-order valence-corrected chi connectivity index (χ4v) is 1.58. The van der Waals surface area contributed by atoms with E-state index in [1.165, 1.54) is 11.6 Å². The predicted molar refractivity (Wildman–Crippen MR) is 66.6 cm³/mol. The first-order chi connectivity index (χ1) is 7.90. The van der Waals surface area contributed by atoms with Crippen LogP contribution in [0.3, 0.4) is 0 Å². The van der Waals surface area contributed by atoms with Gasteiger partial charge in [-0.3, -0.25) is 4.79 Å². The molecule has 0 saturated carbocycles. The van der Waals surface area contributed by atoms with Crippen molar-refractivity contribution in [3.05, 3.63) is 66.2 Å². The minimum Gasteiger partial charge on any atom is -0.286 e. The van der Waals surface area contributed by atoms with Gasteiger partial charge in [0.1, 0.15) is 0 Å². The largest absolute Gasteiger partial charge is 0.286 e. The van der Waals surface area contributed by atoms with Crippen LogP contribution >= 0.6 is 0 Å². The van der Waals surface area contributed by atoms with Crippen LogP contribution in [0.15, 0.2) is 60.7 Å². The van der Waals surface area contributed by atoms with E-state index in [9.17, 15) is 4.79 Å². The van der Waals surface area contributed by atoms with Crippen LogP contribution in [0.1, 0.15) is 5.56 Å². The lowest BCUT2D eigenvalue weighted by molar-refractivity contribution is 0.564. The first kappa shape index (κ1) is 10.4. The predicted octanol–water partition coefficient (Wildman–Crippen LogP) is 3.48. The number of benzene rings is 2. The number of carbonyl (C=O) groups excluding carboxylic acids is 1. The molecule has 0 aliphatic carbocycles. The average Bonchev–Trinajstić information content (AvgIpc) is 2.38. The van der Waals surface area contributed by atoms with Crippen LogP contribution in [0.5, 0.6) is 0 Å². The Balaban J connectivity index is 2.36. The van der Waals surface area contributed by atoms with Crippen molar-refractivity contribution >= 4 is 12.4 Å². The summed E-state index contributed by atoms with van der Waals surface area (Å²) in [5, 5.41) is 0. The quantitative estimate of drug-likeness (QED) is 0.704. The minimum absolute atomic E-state index is 1.00. The van der Waals surface area contributed by atoms with Crippen LogP contribution in [0.2, 0.25) is 0 Å². The van der Waals surface area contributed by atoms with Gasteiger partial charge < -0.3 is 0 Å². The van der Waals surface area contributed by atoms with E-state index in [0.717, 1.165) is 11.1 Å². The zero-order chi connectivity index (χ0) is 11.2. The molecular weight excluding hydrogens is 196 g/mol. The Morgan fingerprint density at radius 1 is 0.875 bits per heavy atom. The van der Waals surface area contributed by atoms with Crippen molar-refractivity contribution in [2.24, 2.45) is 0 Å². The Labute approximate surface area is 95.1 Å². The smallest absolute Gasteiger partial charge is 0.225 e. The Kier molecular flexibility index (Phi) is 3.29. The zero-order valence-corrected chi connectivity index (χ0v) is 8.76. The third kappa shape index (κ3) is 2.45. The summed E-state index contributed by atoms with van der Waals surface area (Å²) in [6.07, 6.45) is 4.87. The molecule has 16 heavy (non-hydrogen) atoms. The lowest BCUT2D eigenvalue weighted by atomic mass is 10.0. The third-order valence-electron chi connectivity index (χ3n) is 2.34. The molecule has 0 N–H and O–H groups in total. The lowest BCUT2D eigenvalue weighted by Gasteiger charge is -2.02. The van der Waals surface area contributed by atoms with Crippen molar-refractivity contribution < 1.29 is 4.79 Å². The van der Waals surface area contributed by atoms with E-state index in [0.29, 0.717) is 0 Å². The van der Waals surface area contributed by atoms with E-state index in [1.54, 1.807) is 12.4 Å². The molecule has 0 bridgehead atoms. The van der Waals surface area contributed by atoms with Crippen molar-refractivity contribution in [3.63, 3.8) is 0 Å². The topological polar surface area (TPSA) is 17.1 Å². The normalized spacial score (nSPS) is 10.5. The summed E-state index contributed by atoms with van der Waals surface area (Å²) < 4.78 is 0. The second-order valence-electron chi connectivity index (χ2n) is 3.44. The van der Waals surface area contributed by atoms with Gasteiger partial charge >= 0.3 is 0 Å². The molecule has 0 aliphatic rings. The van der Waals surface area contributed by atoms with Gasteiger partial charge in [-0.2, -0.15) is 0 Å². The van der Waals surface area contributed by atoms with Crippen LogP contribution < -0.4 is 0 Å². The molecule has 0 unspecified atom stereocenters. The Morgan fingerprint density at radius 2 is 1.62 bits per heavy atom. The summed E-state index contributed by atoms with van der Waals surface area (Å²) in [5.41, 5.74) is 3.33. The molecule has 1 heteroatoms. The van der Waals surface area contributed by atoms with Gasteiger partial charge in [0, 0.05) is 0 Å². The number of rotatable bonds is 3. The molecule has 0 atom stereocenters. The van der Waals surface area contributed by atoms with Crippen molar-refractivity contribution in [1.29, 1.82) is 0 Å². The highest BCUT2D eigenvalue weighted by Gasteiger charge is 1.96. The molecule has 0 spiro atoms.